The van der Waals surface area contributed by atoms with Crippen molar-refractivity contribution in [2.45, 2.75) is 76.7 Å². The Hall–Kier alpha value is -0.370. The van der Waals surface area contributed by atoms with Crippen LogP contribution in [0.15, 0.2) is 0 Å². The fraction of sp³-hybridized carbons (Fsp3) is 0.938. The maximum absolute atomic E-state index is 12.3. The van der Waals surface area contributed by atoms with E-state index in [4.69, 9.17) is 0 Å². The maximum Gasteiger partial charge on any atom is 0.149 e. The van der Waals surface area contributed by atoms with Gasteiger partial charge in [-0.1, -0.05) is 44.9 Å². The van der Waals surface area contributed by atoms with E-state index in [0.717, 1.165) is 12.8 Å². The van der Waals surface area contributed by atoms with Gasteiger partial charge in [0.25, 0.3) is 0 Å². The smallest absolute Gasteiger partial charge is 0.149 e. The van der Waals surface area contributed by atoms with Crippen molar-refractivity contribution >= 4 is 5.78 Å². The molecule has 0 radical (unpaired) electrons. The van der Waals surface area contributed by atoms with Gasteiger partial charge in [-0.2, -0.15) is 0 Å². The van der Waals surface area contributed by atoms with Gasteiger partial charge < -0.3 is 0 Å². The Balaban J connectivity index is 1.77. The summed E-state index contributed by atoms with van der Waals surface area (Å²) in [6.07, 6.45) is 14.3. The van der Waals surface area contributed by atoms with E-state index in [1.807, 2.05) is 0 Å². The first-order chi connectivity index (χ1) is 8.77. The molecule has 18 heavy (non-hydrogen) atoms. The second kappa shape index (κ2) is 7.28. The zero-order chi connectivity index (χ0) is 12.8. The predicted molar refractivity (Wildman–Crippen MR) is 75.7 cm³/mol. The van der Waals surface area contributed by atoms with Crippen LogP contribution < -0.4 is 0 Å². The highest BCUT2D eigenvalue weighted by molar-refractivity contribution is 5.83. The predicted octanol–water partition coefficient (Wildman–Crippen LogP) is 3.79. The van der Waals surface area contributed by atoms with Crippen molar-refractivity contribution in [3.05, 3.63) is 0 Å². The van der Waals surface area contributed by atoms with E-state index >= 15 is 0 Å². The quantitative estimate of drug-likeness (QED) is 0.709. The monoisotopic (exact) mass is 251 g/mol. The van der Waals surface area contributed by atoms with Crippen LogP contribution >= 0.6 is 0 Å². The fourth-order valence-electron chi connectivity index (χ4n) is 3.63. The summed E-state index contributed by atoms with van der Waals surface area (Å²) in [5.41, 5.74) is 0. The van der Waals surface area contributed by atoms with Gasteiger partial charge in [0.2, 0.25) is 0 Å². The molecule has 2 heteroatoms. The number of carbonyl (C=O) groups excluding carboxylic acids is 1. The average molecular weight is 251 g/mol. The molecular formula is C16H29NO. The molecule has 0 aromatic carbocycles. The summed E-state index contributed by atoms with van der Waals surface area (Å²) < 4.78 is 0. The van der Waals surface area contributed by atoms with Crippen LogP contribution in [0.2, 0.25) is 0 Å². The first-order valence-electron chi connectivity index (χ1n) is 8.00. The number of hydrogen-bond donors (Lipinski definition) is 0. The van der Waals surface area contributed by atoms with Gasteiger partial charge in [0.05, 0.1) is 6.54 Å². The lowest BCUT2D eigenvalue weighted by atomic mass is 9.86. The van der Waals surface area contributed by atoms with E-state index in [9.17, 15) is 4.79 Å². The summed E-state index contributed by atoms with van der Waals surface area (Å²) in [5.74, 6) is 0.897. The lowest BCUT2D eigenvalue weighted by Gasteiger charge is -2.29. The first-order valence-corrected chi connectivity index (χ1v) is 8.00. The second-order valence-corrected chi connectivity index (χ2v) is 6.36. The molecule has 2 fully saturated rings. The minimum atomic E-state index is 0.381. The van der Waals surface area contributed by atoms with E-state index in [2.05, 4.69) is 11.9 Å². The van der Waals surface area contributed by atoms with E-state index in [-0.39, 0.29) is 0 Å². The van der Waals surface area contributed by atoms with E-state index < -0.39 is 0 Å². The molecule has 2 nitrogen and oxygen atoms in total. The molecule has 0 amide bonds. The van der Waals surface area contributed by atoms with Crippen molar-refractivity contribution in [3.8, 4) is 0 Å². The number of Topliss-reactive ketones (excluding diaryl/α,β-unsaturated/α-hetero) is 1. The van der Waals surface area contributed by atoms with Gasteiger partial charge in [-0.25, -0.2) is 0 Å². The molecule has 0 aliphatic heterocycles. The van der Waals surface area contributed by atoms with E-state index in [1.54, 1.807) is 0 Å². The van der Waals surface area contributed by atoms with Crippen LogP contribution in [-0.4, -0.2) is 30.3 Å². The zero-order valence-electron chi connectivity index (χ0n) is 12.0. The Kier molecular flexibility index (Phi) is 5.68. The van der Waals surface area contributed by atoms with Crippen LogP contribution in [0.5, 0.6) is 0 Å². The van der Waals surface area contributed by atoms with Crippen molar-refractivity contribution < 1.29 is 4.79 Å². The molecule has 2 aliphatic rings. The molecule has 2 aliphatic carbocycles. The summed E-state index contributed by atoms with van der Waals surface area (Å²) in [4.78, 5) is 14.6. The van der Waals surface area contributed by atoms with Gasteiger partial charge in [-0.05, 0) is 32.7 Å². The van der Waals surface area contributed by atoms with Gasteiger partial charge in [-0.15, -0.1) is 0 Å². The molecule has 0 aromatic heterocycles. The zero-order valence-corrected chi connectivity index (χ0v) is 12.0. The SMILES string of the molecule is CN(CC(=O)C1CCCCC1)C1CCCCCC1. The highest BCUT2D eigenvalue weighted by atomic mass is 16.1. The highest BCUT2D eigenvalue weighted by Gasteiger charge is 2.24. The average Bonchev–Trinajstić information content (AvgIpc) is 2.68. The molecule has 2 saturated carbocycles. The van der Waals surface area contributed by atoms with Crippen molar-refractivity contribution in [2.75, 3.05) is 13.6 Å². The summed E-state index contributed by atoms with van der Waals surface area (Å²) >= 11 is 0. The summed E-state index contributed by atoms with van der Waals surface area (Å²) in [5, 5.41) is 0. The Bertz CT molecular complexity index is 250. The third-order valence-electron chi connectivity index (χ3n) is 4.91. The van der Waals surface area contributed by atoms with Gasteiger partial charge in [0.15, 0.2) is 0 Å². The molecule has 0 unspecified atom stereocenters. The summed E-state index contributed by atoms with van der Waals surface area (Å²) in [7, 11) is 2.16. The van der Waals surface area contributed by atoms with Crippen LogP contribution in [0.3, 0.4) is 0 Å². The lowest BCUT2D eigenvalue weighted by molar-refractivity contribution is -0.125. The molecule has 2 rings (SSSR count). The normalized spacial score (nSPS) is 24.1. The number of likely N-dealkylation sites (N-methyl/N-ethyl adjacent to an activating group) is 1. The van der Waals surface area contributed by atoms with E-state index in [1.165, 1.54) is 57.8 Å². The molecule has 0 bridgehead atoms. The van der Waals surface area contributed by atoms with Crippen LogP contribution in [-0.2, 0) is 4.79 Å². The van der Waals surface area contributed by atoms with Gasteiger partial charge in [0, 0.05) is 12.0 Å². The van der Waals surface area contributed by atoms with Crippen LogP contribution in [0, 0.1) is 5.92 Å². The minimum Gasteiger partial charge on any atom is -0.298 e. The van der Waals surface area contributed by atoms with Crippen LogP contribution in [0.4, 0.5) is 0 Å². The number of nitrogens with zero attached hydrogens (tertiary/aromatic N) is 1. The Morgan fingerprint density at radius 3 is 2.00 bits per heavy atom. The number of hydrogen-bond acceptors (Lipinski definition) is 2. The molecule has 0 spiro atoms. The fourth-order valence-corrected chi connectivity index (χ4v) is 3.63. The third kappa shape index (κ3) is 4.08. The summed E-state index contributed by atoms with van der Waals surface area (Å²) in [6, 6.07) is 0.667. The molecule has 0 heterocycles. The maximum atomic E-state index is 12.3. The summed E-state index contributed by atoms with van der Waals surface area (Å²) in [6.45, 7) is 0.704. The van der Waals surface area contributed by atoms with E-state index in [0.29, 0.717) is 24.3 Å². The number of ketones is 1. The Morgan fingerprint density at radius 1 is 0.889 bits per heavy atom. The van der Waals surface area contributed by atoms with Crippen molar-refractivity contribution in [2.24, 2.45) is 5.92 Å². The number of rotatable bonds is 4. The molecule has 0 aromatic rings. The highest BCUT2D eigenvalue weighted by Crippen LogP contribution is 2.26. The Morgan fingerprint density at radius 2 is 1.39 bits per heavy atom. The van der Waals surface area contributed by atoms with Gasteiger partial charge in [-0.3, -0.25) is 9.69 Å². The third-order valence-corrected chi connectivity index (χ3v) is 4.91. The number of carbonyl (C=O) groups is 1. The molecule has 0 N–H and O–H groups in total. The van der Waals surface area contributed by atoms with Crippen molar-refractivity contribution in [1.29, 1.82) is 0 Å². The molecule has 0 saturated heterocycles. The topological polar surface area (TPSA) is 20.3 Å². The van der Waals surface area contributed by atoms with Gasteiger partial charge in [0.1, 0.15) is 5.78 Å². The Labute approximate surface area is 112 Å². The largest absolute Gasteiger partial charge is 0.298 e. The molecular weight excluding hydrogens is 222 g/mol. The first kappa shape index (κ1) is 14.0. The second-order valence-electron chi connectivity index (χ2n) is 6.36. The minimum absolute atomic E-state index is 0.381. The lowest BCUT2D eigenvalue weighted by Crippen LogP contribution is -2.38. The van der Waals surface area contributed by atoms with Crippen LogP contribution in [0.25, 0.3) is 0 Å². The molecule has 104 valence electrons. The van der Waals surface area contributed by atoms with Crippen molar-refractivity contribution in [1.82, 2.24) is 4.90 Å². The molecule has 0 atom stereocenters. The van der Waals surface area contributed by atoms with Crippen molar-refractivity contribution in [3.63, 3.8) is 0 Å². The standard InChI is InChI=1S/C16H29NO/c1-17(15-11-7-2-3-8-12-15)13-16(18)14-9-5-4-6-10-14/h14-15H,2-13H2,1H3. The van der Waals surface area contributed by atoms with Crippen LogP contribution in [0.1, 0.15) is 70.6 Å². The van der Waals surface area contributed by atoms with Gasteiger partial charge >= 0.3 is 0 Å².